The molecular formula is C12H14N2OS2. The first kappa shape index (κ1) is 12.3. The van der Waals surface area contributed by atoms with Gasteiger partial charge in [0.15, 0.2) is 0 Å². The summed E-state index contributed by atoms with van der Waals surface area (Å²) >= 11 is 3.28. The summed E-state index contributed by atoms with van der Waals surface area (Å²) in [5.41, 5.74) is 8.46. The van der Waals surface area contributed by atoms with Gasteiger partial charge in [0.2, 0.25) is 5.91 Å². The molecule has 0 spiro atoms. The summed E-state index contributed by atoms with van der Waals surface area (Å²) in [6, 6.07) is 1.85. The highest BCUT2D eigenvalue weighted by Crippen LogP contribution is 2.16. The highest BCUT2D eigenvalue weighted by atomic mass is 32.1. The summed E-state index contributed by atoms with van der Waals surface area (Å²) in [4.78, 5) is 12.1. The van der Waals surface area contributed by atoms with Crippen LogP contribution in [0.2, 0.25) is 0 Å². The van der Waals surface area contributed by atoms with E-state index in [0.717, 1.165) is 18.0 Å². The fourth-order valence-corrected chi connectivity index (χ4v) is 3.19. The predicted molar refractivity (Wildman–Crippen MR) is 72.4 cm³/mol. The number of nitrogens with two attached hydrogens (primary N) is 1. The molecule has 90 valence electrons. The Labute approximate surface area is 108 Å². The van der Waals surface area contributed by atoms with Crippen molar-refractivity contribution in [1.29, 1.82) is 0 Å². The second kappa shape index (κ2) is 5.44. The molecule has 0 saturated heterocycles. The van der Waals surface area contributed by atoms with E-state index in [1.807, 2.05) is 6.07 Å². The molecule has 0 aliphatic carbocycles. The molecule has 0 unspecified atom stereocenters. The number of rotatable bonds is 5. The second-order valence-corrected chi connectivity index (χ2v) is 5.59. The maximum absolute atomic E-state index is 10.9. The number of nitrogens with one attached hydrogen (secondary N) is 1. The maximum atomic E-state index is 10.9. The van der Waals surface area contributed by atoms with Crippen LogP contribution in [0.1, 0.15) is 26.4 Å². The third-order valence-electron chi connectivity index (χ3n) is 2.51. The SMILES string of the molecule is Cc1cscc1CNCc1cc(C(N)=O)cs1. The minimum Gasteiger partial charge on any atom is -0.366 e. The molecule has 0 saturated carbocycles. The van der Waals surface area contributed by atoms with Gasteiger partial charge in [-0.15, -0.1) is 11.3 Å². The molecule has 0 aromatic carbocycles. The van der Waals surface area contributed by atoms with E-state index in [4.69, 9.17) is 5.73 Å². The Balaban J connectivity index is 1.86. The van der Waals surface area contributed by atoms with Gasteiger partial charge in [-0.05, 0) is 34.9 Å². The van der Waals surface area contributed by atoms with Crippen LogP contribution in [0.5, 0.6) is 0 Å². The molecule has 0 bridgehead atoms. The van der Waals surface area contributed by atoms with E-state index in [0.29, 0.717) is 5.56 Å². The number of primary amides is 1. The standard InChI is InChI=1S/C12H14N2OS2/c1-8-5-16-6-10(8)3-14-4-11-2-9(7-17-11)12(13)15/h2,5-7,14H,3-4H2,1H3,(H2,13,15). The van der Waals surface area contributed by atoms with Gasteiger partial charge in [-0.2, -0.15) is 11.3 Å². The zero-order chi connectivity index (χ0) is 12.3. The summed E-state index contributed by atoms with van der Waals surface area (Å²) in [6.45, 7) is 3.75. The molecule has 17 heavy (non-hydrogen) atoms. The lowest BCUT2D eigenvalue weighted by Gasteiger charge is -2.02. The largest absolute Gasteiger partial charge is 0.366 e. The molecule has 0 aliphatic rings. The van der Waals surface area contributed by atoms with Gasteiger partial charge in [0.05, 0.1) is 5.56 Å². The molecule has 0 aliphatic heterocycles. The normalized spacial score (nSPS) is 10.6. The van der Waals surface area contributed by atoms with Crippen LogP contribution < -0.4 is 11.1 Å². The third-order valence-corrected chi connectivity index (χ3v) is 4.36. The van der Waals surface area contributed by atoms with Crippen LogP contribution in [0.4, 0.5) is 0 Å². The topological polar surface area (TPSA) is 55.1 Å². The van der Waals surface area contributed by atoms with Crippen LogP contribution in [0.25, 0.3) is 0 Å². The third kappa shape index (κ3) is 3.15. The van der Waals surface area contributed by atoms with Crippen molar-refractivity contribution >= 4 is 28.6 Å². The van der Waals surface area contributed by atoms with Gasteiger partial charge in [-0.1, -0.05) is 0 Å². The Morgan fingerprint density at radius 1 is 1.35 bits per heavy atom. The van der Waals surface area contributed by atoms with Crippen LogP contribution in [0.15, 0.2) is 22.2 Å². The molecule has 2 aromatic rings. The van der Waals surface area contributed by atoms with Crippen molar-refractivity contribution in [3.63, 3.8) is 0 Å². The molecule has 0 radical (unpaired) electrons. The van der Waals surface area contributed by atoms with Crippen molar-refractivity contribution in [2.45, 2.75) is 20.0 Å². The predicted octanol–water partition coefficient (Wildman–Crippen LogP) is 2.51. The number of carbonyl (C=O) groups is 1. The van der Waals surface area contributed by atoms with Crippen LogP contribution in [0, 0.1) is 6.92 Å². The van der Waals surface area contributed by atoms with Gasteiger partial charge in [0.1, 0.15) is 0 Å². The van der Waals surface area contributed by atoms with Gasteiger partial charge in [-0.25, -0.2) is 0 Å². The summed E-state index contributed by atoms with van der Waals surface area (Å²) in [6.07, 6.45) is 0. The average molecular weight is 266 g/mol. The first-order valence-corrected chi connectivity index (χ1v) is 7.08. The fourth-order valence-electron chi connectivity index (χ4n) is 1.49. The smallest absolute Gasteiger partial charge is 0.249 e. The number of hydrogen-bond acceptors (Lipinski definition) is 4. The molecule has 3 N–H and O–H groups in total. The lowest BCUT2D eigenvalue weighted by atomic mass is 10.2. The quantitative estimate of drug-likeness (QED) is 0.873. The van der Waals surface area contributed by atoms with Crippen molar-refractivity contribution in [3.05, 3.63) is 43.8 Å². The molecule has 1 amide bonds. The molecule has 5 heteroatoms. The van der Waals surface area contributed by atoms with Crippen molar-refractivity contribution in [1.82, 2.24) is 5.32 Å². The Morgan fingerprint density at radius 2 is 2.18 bits per heavy atom. The zero-order valence-corrected chi connectivity index (χ0v) is 11.2. The fraction of sp³-hybridized carbons (Fsp3) is 0.250. The molecule has 0 atom stereocenters. The molecule has 2 aromatic heterocycles. The second-order valence-electron chi connectivity index (χ2n) is 3.85. The number of aryl methyl sites for hydroxylation is 1. The number of carbonyl (C=O) groups excluding carboxylic acids is 1. The van der Waals surface area contributed by atoms with E-state index in [-0.39, 0.29) is 5.91 Å². The number of hydrogen-bond donors (Lipinski definition) is 2. The van der Waals surface area contributed by atoms with Crippen molar-refractivity contribution in [2.24, 2.45) is 5.73 Å². The number of amides is 1. The summed E-state index contributed by atoms with van der Waals surface area (Å²) < 4.78 is 0. The Hall–Kier alpha value is -1.17. The van der Waals surface area contributed by atoms with Crippen LogP contribution >= 0.6 is 22.7 Å². The van der Waals surface area contributed by atoms with E-state index >= 15 is 0 Å². The lowest BCUT2D eigenvalue weighted by Crippen LogP contribution is -2.12. The van der Waals surface area contributed by atoms with Crippen molar-refractivity contribution in [3.8, 4) is 0 Å². The minimum absolute atomic E-state index is 0.360. The van der Waals surface area contributed by atoms with E-state index in [1.165, 1.54) is 11.1 Å². The van der Waals surface area contributed by atoms with Gasteiger partial charge in [0.25, 0.3) is 0 Å². The molecule has 3 nitrogen and oxygen atoms in total. The molecule has 2 rings (SSSR count). The Morgan fingerprint density at radius 3 is 2.76 bits per heavy atom. The Bertz CT molecular complexity index is 516. The van der Waals surface area contributed by atoms with Gasteiger partial charge < -0.3 is 11.1 Å². The molecule has 0 fully saturated rings. The van der Waals surface area contributed by atoms with E-state index in [2.05, 4.69) is 23.0 Å². The van der Waals surface area contributed by atoms with Crippen LogP contribution in [0.3, 0.4) is 0 Å². The Kier molecular flexibility index (Phi) is 3.93. The van der Waals surface area contributed by atoms with Gasteiger partial charge in [0, 0.05) is 23.3 Å². The minimum atomic E-state index is -0.360. The average Bonchev–Trinajstić information content (AvgIpc) is 2.89. The highest BCUT2D eigenvalue weighted by Gasteiger charge is 2.04. The van der Waals surface area contributed by atoms with Gasteiger partial charge >= 0.3 is 0 Å². The lowest BCUT2D eigenvalue weighted by molar-refractivity contribution is 0.100. The van der Waals surface area contributed by atoms with E-state index in [1.54, 1.807) is 28.1 Å². The van der Waals surface area contributed by atoms with Crippen molar-refractivity contribution < 1.29 is 4.79 Å². The summed E-state index contributed by atoms with van der Waals surface area (Å²) in [5.74, 6) is -0.360. The van der Waals surface area contributed by atoms with Gasteiger partial charge in [-0.3, -0.25) is 4.79 Å². The first-order chi connectivity index (χ1) is 8.16. The highest BCUT2D eigenvalue weighted by molar-refractivity contribution is 7.10. The first-order valence-electron chi connectivity index (χ1n) is 5.26. The maximum Gasteiger partial charge on any atom is 0.249 e. The summed E-state index contributed by atoms with van der Waals surface area (Å²) in [7, 11) is 0. The zero-order valence-electron chi connectivity index (χ0n) is 9.53. The molecule has 2 heterocycles. The monoisotopic (exact) mass is 266 g/mol. The molecular weight excluding hydrogens is 252 g/mol. The van der Waals surface area contributed by atoms with Crippen LogP contribution in [-0.4, -0.2) is 5.91 Å². The summed E-state index contributed by atoms with van der Waals surface area (Å²) in [5, 5.41) is 9.47. The van der Waals surface area contributed by atoms with E-state index in [9.17, 15) is 4.79 Å². The number of thiophene rings is 2. The van der Waals surface area contributed by atoms with Crippen LogP contribution in [-0.2, 0) is 13.1 Å². The van der Waals surface area contributed by atoms with Crippen molar-refractivity contribution in [2.75, 3.05) is 0 Å². The van der Waals surface area contributed by atoms with E-state index < -0.39 is 0 Å².